The van der Waals surface area contributed by atoms with Gasteiger partial charge in [0.05, 0.1) is 5.75 Å². The van der Waals surface area contributed by atoms with Crippen molar-refractivity contribution in [2.45, 2.75) is 45.2 Å². The summed E-state index contributed by atoms with van der Waals surface area (Å²) in [6, 6.07) is -1.18. The summed E-state index contributed by atoms with van der Waals surface area (Å²) < 4.78 is 25.8. The number of carbonyl (C=O) groups is 2. The molecule has 0 spiro atoms. The molecule has 21 heavy (non-hydrogen) atoms. The van der Waals surface area contributed by atoms with Gasteiger partial charge in [-0.05, 0) is 26.2 Å². The molecule has 0 aromatic carbocycles. The summed E-state index contributed by atoms with van der Waals surface area (Å²) in [6.07, 6.45) is 1.75. The van der Waals surface area contributed by atoms with Gasteiger partial charge in [-0.15, -0.1) is 0 Å². The second kappa shape index (κ2) is 6.31. The molecule has 7 nitrogen and oxygen atoms in total. The lowest BCUT2D eigenvalue weighted by Gasteiger charge is -2.36. The highest BCUT2D eigenvalue weighted by Crippen LogP contribution is 2.24. The van der Waals surface area contributed by atoms with Crippen LogP contribution in [0.5, 0.6) is 0 Å². The highest BCUT2D eigenvalue weighted by Gasteiger charge is 2.42. The fraction of sp³-hybridized carbons (Fsp3) is 0.846. The fourth-order valence-electron chi connectivity index (χ4n) is 2.97. The van der Waals surface area contributed by atoms with Crippen molar-refractivity contribution in [3.05, 3.63) is 0 Å². The molecule has 0 aliphatic carbocycles. The van der Waals surface area contributed by atoms with Crippen LogP contribution in [0.3, 0.4) is 0 Å². The minimum Gasteiger partial charge on any atom is -0.353 e. The van der Waals surface area contributed by atoms with Gasteiger partial charge in [-0.2, -0.15) is 4.31 Å². The molecule has 2 fully saturated rings. The Hall–Kier alpha value is -1.15. The van der Waals surface area contributed by atoms with Gasteiger partial charge in [0.2, 0.25) is 21.8 Å². The van der Waals surface area contributed by atoms with Gasteiger partial charge in [0.15, 0.2) is 0 Å². The van der Waals surface area contributed by atoms with Gasteiger partial charge in [-0.25, -0.2) is 8.42 Å². The van der Waals surface area contributed by atoms with Crippen molar-refractivity contribution in [1.82, 2.24) is 14.5 Å². The van der Waals surface area contributed by atoms with Crippen molar-refractivity contribution in [1.29, 1.82) is 0 Å². The maximum atomic E-state index is 12.7. The number of sulfonamides is 1. The molecule has 2 rings (SSSR count). The van der Waals surface area contributed by atoms with Crippen molar-refractivity contribution in [3.8, 4) is 0 Å². The SMILES string of the molecule is CCCS(=O)(=O)N1CCCC1C(=O)N1CCNC(=O)C1C. The predicted octanol–water partition coefficient (Wildman–Crippen LogP) is -0.462. The van der Waals surface area contributed by atoms with Gasteiger partial charge in [0, 0.05) is 19.6 Å². The topological polar surface area (TPSA) is 86.8 Å². The Morgan fingerprint density at radius 3 is 2.76 bits per heavy atom. The van der Waals surface area contributed by atoms with Crippen LogP contribution >= 0.6 is 0 Å². The summed E-state index contributed by atoms with van der Waals surface area (Å²) >= 11 is 0. The summed E-state index contributed by atoms with van der Waals surface area (Å²) in [6.45, 7) is 4.73. The van der Waals surface area contributed by atoms with Crippen molar-refractivity contribution in [2.75, 3.05) is 25.4 Å². The number of piperazine rings is 1. The summed E-state index contributed by atoms with van der Waals surface area (Å²) in [5, 5.41) is 2.70. The first-order valence-electron chi connectivity index (χ1n) is 7.46. The summed E-state index contributed by atoms with van der Waals surface area (Å²) in [4.78, 5) is 25.8. The van der Waals surface area contributed by atoms with E-state index in [0.717, 1.165) is 0 Å². The highest BCUT2D eigenvalue weighted by atomic mass is 32.2. The number of nitrogens with zero attached hydrogens (tertiary/aromatic N) is 2. The summed E-state index contributed by atoms with van der Waals surface area (Å²) in [5.41, 5.74) is 0. The lowest BCUT2D eigenvalue weighted by Crippen LogP contribution is -2.59. The third-order valence-electron chi connectivity index (χ3n) is 4.09. The van der Waals surface area contributed by atoms with Gasteiger partial charge in [0.25, 0.3) is 0 Å². The molecule has 0 bridgehead atoms. The van der Waals surface area contributed by atoms with E-state index in [2.05, 4.69) is 5.32 Å². The molecule has 0 saturated carbocycles. The number of rotatable bonds is 4. The molecule has 2 atom stereocenters. The van der Waals surface area contributed by atoms with Crippen LogP contribution in [0.4, 0.5) is 0 Å². The molecule has 2 unspecified atom stereocenters. The Kier molecular flexibility index (Phi) is 4.88. The van der Waals surface area contributed by atoms with Crippen LogP contribution in [0.2, 0.25) is 0 Å². The van der Waals surface area contributed by atoms with E-state index >= 15 is 0 Å². The van der Waals surface area contributed by atoms with Gasteiger partial charge < -0.3 is 10.2 Å². The lowest BCUT2D eigenvalue weighted by atomic mass is 10.1. The molecule has 1 N–H and O–H groups in total. The van der Waals surface area contributed by atoms with E-state index in [9.17, 15) is 18.0 Å². The van der Waals surface area contributed by atoms with E-state index in [1.54, 1.807) is 6.92 Å². The van der Waals surface area contributed by atoms with Gasteiger partial charge in [-0.1, -0.05) is 6.92 Å². The number of hydrogen-bond donors (Lipinski definition) is 1. The average molecular weight is 317 g/mol. The van der Waals surface area contributed by atoms with E-state index in [0.29, 0.717) is 38.9 Å². The number of amides is 2. The highest BCUT2D eigenvalue weighted by molar-refractivity contribution is 7.89. The van der Waals surface area contributed by atoms with Crippen LogP contribution < -0.4 is 5.32 Å². The Morgan fingerprint density at radius 1 is 1.38 bits per heavy atom. The molecule has 8 heteroatoms. The molecule has 0 aromatic heterocycles. The second-order valence-corrected chi connectivity index (χ2v) is 7.62. The summed E-state index contributed by atoms with van der Waals surface area (Å²) in [7, 11) is -3.39. The van der Waals surface area contributed by atoms with Gasteiger partial charge in [-0.3, -0.25) is 9.59 Å². The smallest absolute Gasteiger partial charge is 0.242 e. The van der Waals surface area contributed by atoms with E-state index in [-0.39, 0.29) is 17.6 Å². The Labute approximate surface area is 125 Å². The fourth-order valence-corrected chi connectivity index (χ4v) is 4.71. The summed E-state index contributed by atoms with van der Waals surface area (Å²) in [5.74, 6) is -0.364. The van der Waals surface area contributed by atoms with Crippen LogP contribution in [0.1, 0.15) is 33.1 Å². The van der Waals surface area contributed by atoms with Crippen molar-refractivity contribution < 1.29 is 18.0 Å². The van der Waals surface area contributed by atoms with E-state index in [1.165, 1.54) is 9.21 Å². The van der Waals surface area contributed by atoms with Crippen molar-refractivity contribution >= 4 is 21.8 Å². The normalized spacial score (nSPS) is 27.7. The third-order valence-corrected chi connectivity index (χ3v) is 6.17. The van der Waals surface area contributed by atoms with E-state index < -0.39 is 22.1 Å². The number of hydrogen-bond acceptors (Lipinski definition) is 4. The first-order valence-corrected chi connectivity index (χ1v) is 9.07. The molecular formula is C13H23N3O4S. The Balaban J connectivity index is 2.16. The third kappa shape index (κ3) is 3.21. The Bertz CT molecular complexity index is 520. The molecular weight excluding hydrogens is 294 g/mol. The van der Waals surface area contributed by atoms with Gasteiger partial charge >= 0.3 is 0 Å². The number of carbonyl (C=O) groups excluding carboxylic acids is 2. The largest absolute Gasteiger partial charge is 0.353 e. The first kappa shape index (κ1) is 16.2. The van der Waals surface area contributed by atoms with Crippen LogP contribution in [0.25, 0.3) is 0 Å². The standard InChI is InChI=1S/C13H23N3O4S/c1-3-9-21(19,20)16-7-4-5-11(16)13(18)15-8-6-14-12(17)10(15)2/h10-11H,3-9H2,1-2H3,(H,14,17). The van der Waals surface area contributed by atoms with Crippen LogP contribution in [0, 0.1) is 0 Å². The van der Waals surface area contributed by atoms with Gasteiger partial charge in [0.1, 0.15) is 12.1 Å². The maximum absolute atomic E-state index is 12.7. The molecule has 120 valence electrons. The molecule has 0 aromatic rings. The van der Waals surface area contributed by atoms with Crippen LogP contribution in [0.15, 0.2) is 0 Å². The van der Waals surface area contributed by atoms with Crippen LogP contribution in [-0.4, -0.2) is 66.9 Å². The minimum atomic E-state index is -3.39. The van der Waals surface area contributed by atoms with E-state index in [4.69, 9.17) is 0 Å². The van der Waals surface area contributed by atoms with E-state index in [1.807, 2.05) is 6.92 Å². The predicted molar refractivity (Wildman–Crippen MR) is 78.0 cm³/mol. The number of nitrogens with one attached hydrogen (secondary N) is 1. The first-order chi connectivity index (χ1) is 9.88. The monoisotopic (exact) mass is 317 g/mol. The van der Waals surface area contributed by atoms with Crippen molar-refractivity contribution in [3.63, 3.8) is 0 Å². The minimum absolute atomic E-state index is 0.0623. The zero-order valence-corrected chi connectivity index (χ0v) is 13.4. The van der Waals surface area contributed by atoms with Crippen molar-refractivity contribution in [2.24, 2.45) is 0 Å². The quantitative estimate of drug-likeness (QED) is 0.760. The lowest BCUT2D eigenvalue weighted by molar-refractivity contribution is -0.144. The molecule has 2 saturated heterocycles. The molecule has 2 heterocycles. The maximum Gasteiger partial charge on any atom is 0.242 e. The molecule has 2 amide bonds. The second-order valence-electron chi connectivity index (χ2n) is 5.58. The zero-order chi connectivity index (χ0) is 15.6. The molecule has 2 aliphatic heterocycles. The van der Waals surface area contributed by atoms with Crippen LogP contribution in [-0.2, 0) is 19.6 Å². The molecule has 0 radical (unpaired) electrons. The Morgan fingerprint density at radius 2 is 2.10 bits per heavy atom. The molecule has 2 aliphatic rings. The average Bonchev–Trinajstić information content (AvgIpc) is 2.91. The zero-order valence-electron chi connectivity index (χ0n) is 12.5.